The van der Waals surface area contributed by atoms with Gasteiger partial charge in [0.15, 0.2) is 0 Å². The van der Waals surface area contributed by atoms with Crippen molar-refractivity contribution in [3.8, 4) is 0 Å². The van der Waals surface area contributed by atoms with Crippen LogP contribution in [0.25, 0.3) is 0 Å². The summed E-state index contributed by atoms with van der Waals surface area (Å²) < 4.78 is 0. The summed E-state index contributed by atoms with van der Waals surface area (Å²) in [5.41, 5.74) is 0. The second-order valence-electron chi connectivity index (χ2n) is 3.37. The Bertz CT molecular complexity index is 96.7. The molecule has 73 valence electrons. The van der Waals surface area contributed by atoms with Crippen molar-refractivity contribution in [1.29, 1.82) is 0 Å². The first-order chi connectivity index (χ1) is 5.63. The quantitative estimate of drug-likeness (QED) is 0.668. The molecular weight excluding hydrogens is 284 g/mol. The topological polar surface area (TPSA) is 19.9 Å². The normalized spacial score (nSPS) is 18.8. The maximum atomic E-state index is 11.7. The van der Waals surface area contributed by atoms with E-state index in [1.165, 1.54) is 0 Å². The summed E-state index contributed by atoms with van der Waals surface area (Å²) in [6.07, 6.45) is 1.57. The van der Waals surface area contributed by atoms with Crippen LogP contribution < -0.4 is 0 Å². The zero-order valence-corrected chi connectivity index (χ0v) is 10.9. The third kappa shape index (κ3) is 4.83. The number of rotatable bonds is 6. The van der Waals surface area contributed by atoms with Crippen LogP contribution >= 0.6 is 31.9 Å². The van der Waals surface area contributed by atoms with Gasteiger partial charge in [-0.05, 0) is 24.7 Å². The number of halogens is 2. The van der Waals surface area contributed by atoms with Crippen molar-refractivity contribution in [1.82, 2.24) is 0 Å². The first kappa shape index (κ1) is 12.9. The van der Waals surface area contributed by atoms with Crippen LogP contribution in [0.3, 0.4) is 0 Å². The standard InChI is InChI=1S/C9H17Br2O/c1-7(3-5-10)9(12)8(2)4-6-11/h7-9H,3-6H2,1-2H3. The Morgan fingerprint density at radius 1 is 1.00 bits per heavy atom. The Morgan fingerprint density at radius 2 is 1.33 bits per heavy atom. The molecule has 2 unspecified atom stereocenters. The van der Waals surface area contributed by atoms with E-state index in [-0.39, 0.29) is 0 Å². The summed E-state index contributed by atoms with van der Waals surface area (Å²) in [6, 6.07) is 0. The zero-order valence-electron chi connectivity index (χ0n) is 7.72. The minimum absolute atomic E-state index is 0.290. The van der Waals surface area contributed by atoms with Crippen molar-refractivity contribution >= 4 is 31.9 Å². The van der Waals surface area contributed by atoms with E-state index >= 15 is 0 Å². The third-order valence-corrected chi connectivity index (χ3v) is 3.17. The summed E-state index contributed by atoms with van der Waals surface area (Å²) >= 11 is 6.72. The maximum Gasteiger partial charge on any atom is 0.0981 e. The SMILES string of the molecule is CC(CCBr)C([O])C(C)CCBr. The molecule has 0 spiro atoms. The molecule has 0 heterocycles. The van der Waals surface area contributed by atoms with E-state index in [9.17, 15) is 5.11 Å². The van der Waals surface area contributed by atoms with Gasteiger partial charge in [-0.2, -0.15) is 0 Å². The highest BCUT2D eigenvalue weighted by molar-refractivity contribution is 9.09. The Labute approximate surface area is 92.2 Å². The molecule has 0 N–H and O–H groups in total. The summed E-state index contributed by atoms with van der Waals surface area (Å²) in [5, 5.41) is 13.5. The Hall–Kier alpha value is 0.920. The molecule has 0 fully saturated rings. The van der Waals surface area contributed by atoms with Gasteiger partial charge in [0, 0.05) is 10.7 Å². The minimum atomic E-state index is -0.403. The van der Waals surface area contributed by atoms with Gasteiger partial charge in [-0.15, -0.1) is 0 Å². The van der Waals surface area contributed by atoms with Crippen LogP contribution in [-0.4, -0.2) is 16.8 Å². The third-order valence-electron chi connectivity index (χ3n) is 2.25. The van der Waals surface area contributed by atoms with Crippen molar-refractivity contribution < 1.29 is 5.11 Å². The van der Waals surface area contributed by atoms with E-state index in [1.54, 1.807) is 0 Å². The van der Waals surface area contributed by atoms with Gasteiger partial charge in [-0.1, -0.05) is 45.7 Å². The summed E-state index contributed by atoms with van der Waals surface area (Å²) in [4.78, 5) is 0. The van der Waals surface area contributed by atoms with E-state index in [2.05, 4.69) is 31.9 Å². The zero-order chi connectivity index (χ0) is 9.56. The molecule has 0 aromatic heterocycles. The van der Waals surface area contributed by atoms with Gasteiger partial charge in [-0.3, -0.25) is 0 Å². The van der Waals surface area contributed by atoms with E-state index in [0.717, 1.165) is 23.5 Å². The fraction of sp³-hybridized carbons (Fsp3) is 1.00. The maximum absolute atomic E-state index is 11.7. The molecule has 2 atom stereocenters. The van der Waals surface area contributed by atoms with Crippen LogP contribution in [0.4, 0.5) is 0 Å². The molecule has 3 heteroatoms. The highest BCUT2D eigenvalue weighted by Crippen LogP contribution is 2.20. The van der Waals surface area contributed by atoms with Gasteiger partial charge < -0.3 is 0 Å². The lowest BCUT2D eigenvalue weighted by molar-refractivity contribution is -0.000473. The molecule has 1 nitrogen and oxygen atoms in total. The van der Waals surface area contributed by atoms with Gasteiger partial charge in [0.25, 0.3) is 0 Å². The van der Waals surface area contributed by atoms with Gasteiger partial charge in [0.1, 0.15) is 0 Å². The Kier molecular flexibility index (Phi) is 7.90. The average Bonchev–Trinajstić information content (AvgIpc) is 2.04. The molecule has 12 heavy (non-hydrogen) atoms. The molecular formula is C9H17Br2O. The number of hydrogen-bond acceptors (Lipinski definition) is 0. The van der Waals surface area contributed by atoms with Crippen LogP contribution in [0.5, 0.6) is 0 Å². The second kappa shape index (κ2) is 7.34. The van der Waals surface area contributed by atoms with Gasteiger partial charge in [-0.25, -0.2) is 5.11 Å². The van der Waals surface area contributed by atoms with Crippen molar-refractivity contribution in [2.75, 3.05) is 10.7 Å². The molecule has 0 aliphatic rings. The lowest BCUT2D eigenvalue weighted by Crippen LogP contribution is -2.24. The second-order valence-corrected chi connectivity index (χ2v) is 4.96. The van der Waals surface area contributed by atoms with E-state index < -0.39 is 6.10 Å². The number of hydrogen-bond donors (Lipinski definition) is 0. The smallest absolute Gasteiger partial charge is 0.0981 e. The minimum Gasteiger partial charge on any atom is -0.233 e. The van der Waals surface area contributed by atoms with Crippen LogP contribution in [0, 0.1) is 11.8 Å². The van der Waals surface area contributed by atoms with E-state index in [1.807, 2.05) is 13.8 Å². The Morgan fingerprint density at radius 3 is 1.58 bits per heavy atom. The van der Waals surface area contributed by atoms with Crippen molar-refractivity contribution in [2.45, 2.75) is 32.8 Å². The van der Waals surface area contributed by atoms with Crippen molar-refractivity contribution in [3.05, 3.63) is 0 Å². The Balaban J connectivity index is 3.73. The highest BCUT2D eigenvalue weighted by atomic mass is 79.9. The molecule has 0 aliphatic carbocycles. The van der Waals surface area contributed by atoms with E-state index in [4.69, 9.17) is 0 Å². The summed E-state index contributed by atoms with van der Waals surface area (Å²) in [7, 11) is 0. The van der Waals surface area contributed by atoms with E-state index in [0.29, 0.717) is 11.8 Å². The van der Waals surface area contributed by atoms with Crippen molar-refractivity contribution in [2.24, 2.45) is 11.8 Å². The van der Waals surface area contributed by atoms with Crippen LogP contribution in [0.15, 0.2) is 0 Å². The van der Waals surface area contributed by atoms with Crippen LogP contribution in [0.1, 0.15) is 26.7 Å². The van der Waals surface area contributed by atoms with Gasteiger partial charge >= 0.3 is 0 Å². The monoisotopic (exact) mass is 299 g/mol. The summed E-state index contributed by atoms with van der Waals surface area (Å²) in [6.45, 7) is 4.09. The predicted octanol–water partition coefficient (Wildman–Crippen LogP) is 3.63. The average molecular weight is 301 g/mol. The van der Waals surface area contributed by atoms with Crippen molar-refractivity contribution in [3.63, 3.8) is 0 Å². The molecule has 0 aromatic carbocycles. The molecule has 0 rings (SSSR count). The fourth-order valence-electron chi connectivity index (χ4n) is 1.23. The van der Waals surface area contributed by atoms with Crippen LogP contribution in [-0.2, 0) is 5.11 Å². The molecule has 0 aromatic rings. The fourth-order valence-corrected chi connectivity index (χ4v) is 2.68. The molecule has 0 aliphatic heterocycles. The number of alkyl halides is 2. The molecule has 0 bridgehead atoms. The molecule has 1 radical (unpaired) electrons. The molecule has 0 saturated carbocycles. The molecule has 0 amide bonds. The van der Waals surface area contributed by atoms with Gasteiger partial charge in [0.2, 0.25) is 0 Å². The largest absolute Gasteiger partial charge is 0.233 e. The first-order valence-corrected chi connectivity index (χ1v) is 6.65. The highest BCUT2D eigenvalue weighted by Gasteiger charge is 2.21. The first-order valence-electron chi connectivity index (χ1n) is 4.41. The van der Waals surface area contributed by atoms with Gasteiger partial charge in [0.05, 0.1) is 6.10 Å². The van der Waals surface area contributed by atoms with Crippen LogP contribution in [0.2, 0.25) is 0 Å². The lowest BCUT2D eigenvalue weighted by atomic mass is 9.90. The predicted molar refractivity (Wildman–Crippen MR) is 59.6 cm³/mol. The molecule has 0 saturated heterocycles. The summed E-state index contributed by atoms with van der Waals surface area (Å²) in [5.74, 6) is 0.580. The lowest BCUT2D eigenvalue weighted by Gasteiger charge is -2.21.